The van der Waals surface area contributed by atoms with Crippen LogP contribution in [-0.4, -0.2) is 22.2 Å². The molecule has 3 N–H and O–H groups in total. The van der Waals surface area contributed by atoms with Gasteiger partial charge in [0.1, 0.15) is 0 Å². The fraction of sp³-hybridized carbons (Fsp3) is 0.333. The zero-order chi connectivity index (χ0) is 13.2. The van der Waals surface area contributed by atoms with Crippen LogP contribution in [0.4, 0.5) is 17.6 Å². The Morgan fingerprint density at radius 3 is 2.53 bits per heavy atom. The number of hydrogen-bond donors (Lipinski definition) is 2. The van der Waals surface area contributed by atoms with Crippen LogP contribution in [0.15, 0.2) is 12.3 Å². The van der Waals surface area contributed by atoms with E-state index in [4.69, 9.17) is 10.8 Å². The van der Waals surface area contributed by atoms with E-state index in [-0.39, 0.29) is 5.56 Å². The first kappa shape index (κ1) is 13.4. The van der Waals surface area contributed by atoms with Crippen molar-refractivity contribution in [3.8, 4) is 0 Å². The maximum Gasteiger partial charge on any atom is 0.390 e. The number of carboxylic acids is 1. The Morgan fingerprint density at radius 2 is 2.12 bits per heavy atom. The van der Waals surface area contributed by atoms with E-state index in [1.807, 2.05) is 0 Å². The molecule has 0 amide bonds. The molecule has 4 nitrogen and oxygen atoms in total. The SMILES string of the molecule is NC(CC(F)(F)F)c1cnc(C(=O)O)c(F)c1. The summed E-state index contributed by atoms with van der Waals surface area (Å²) in [6, 6.07) is -0.827. The number of hydrogen-bond acceptors (Lipinski definition) is 3. The Bertz CT molecular complexity index is 433. The minimum Gasteiger partial charge on any atom is -0.476 e. The molecule has 0 spiro atoms. The molecule has 0 aliphatic carbocycles. The second-order valence-electron chi connectivity index (χ2n) is 3.33. The molecule has 0 saturated heterocycles. The molecule has 1 heterocycles. The molecule has 94 valence electrons. The number of nitrogens with two attached hydrogens (primary N) is 1. The van der Waals surface area contributed by atoms with E-state index in [1.165, 1.54) is 0 Å². The van der Waals surface area contributed by atoms with Crippen LogP contribution < -0.4 is 5.73 Å². The molecule has 0 saturated carbocycles. The summed E-state index contributed by atoms with van der Waals surface area (Å²) in [6.45, 7) is 0. The molecule has 0 aromatic carbocycles. The van der Waals surface area contributed by atoms with E-state index in [0.717, 1.165) is 6.20 Å². The van der Waals surface area contributed by atoms with E-state index in [0.29, 0.717) is 6.07 Å². The Kier molecular flexibility index (Phi) is 3.66. The van der Waals surface area contributed by atoms with Crippen molar-refractivity contribution in [1.82, 2.24) is 4.98 Å². The van der Waals surface area contributed by atoms with Gasteiger partial charge >= 0.3 is 12.1 Å². The highest BCUT2D eigenvalue weighted by Crippen LogP contribution is 2.27. The van der Waals surface area contributed by atoms with E-state index in [2.05, 4.69) is 4.98 Å². The lowest BCUT2D eigenvalue weighted by Crippen LogP contribution is -2.21. The van der Waals surface area contributed by atoms with Crippen molar-refractivity contribution in [2.75, 3.05) is 0 Å². The normalized spacial score (nSPS) is 13.5. The van der Waals surface area contributed by atoms with Crippen molar-refractivity contribution in [1.29, 1.82) is 0 Å². The van der Waals surface area contributed by atoms with Crippen LogP contribution in [0.25, 0.3) is 0 Å². The number of carbonyl (C=O) groups is 1. The fourth-order valence-corrected chi connectivity index (χ4v) is 1.18. The highest BCUT2D eigenvalue weighted by molar-refractivity contribution is 5.85. The van der Waals surface area contributed by atoms with Gasteiger partial charge in [-0.05, 0) is 11.6 Å². The lowest BCUT2D eigenvalue weighted by Gasteiger charge is -2.14. The molecule has 1 aromatic heterocycles. The van der Waals surface area contributed by atoms with Crippen LogP contribution in [0.3, 0.4) is 0 Å². The Balaban J connectivity index is 2.94. The summed E-state index contributed by atoms with van der Waals surface area (Å²) in [5.41, 5.74) is 4.14. The molecule has 1 aromatic rings. The summed E-state index contributed by atoms with van der Waals surface area (Å²) in [5, 5.41) is 8.47. The van der Waals surface area contributed by atoms with Gasteiger partial charge in [-0.25, -0.2) is 14.2 Å². The van der Waals surface area contributed by atoms with E-state index in [1.54, 1.807) is 0 Å². The van der Waals surface area contributed by atoms with Crippen molar-refractivity contribution in [3.05, 3.63) is 29.3 Å². The molecule has 17 heavy (non-hydrogen) atoms. The minimum absolute atomic E-state index is 0.204. The molecule has 1 rings (SSSR count). The quantitative estimate of drug-likeness (QED) is 0.805. The summed E-state index contributed by atoms with van der Waals surface area (Å²) < 4.78 is 49.1. The zero-order valence-electron chi connectivity index (χ0n) is 8.33. The van der Waals surface area contributed by atoms with Gasteiger partial charge in [0.25, 0.3) is 0 Å². The lowest BCUT2D eigenvalue weighted by atomic mass is 10.1. The molecule has 0 bridgehead atoms. The zero-order valence-corrected chi connectivity index (χ0v) is 8.33. The monoisotopic (exact) mass is 252 g/mol. The van der Waals surface area contributed by atoms with Crippen LogP contribution in [0.2, 0.25) is 0 Å². The maximum absolute atomic E-state index is 13.1. The Hall–Kier alpha value is -1.70. The van der Waals surface area contributed by atoms with Crippen LogP contribution in [0.5, 0.6) is 0 Å². The van der Waals surface area contributed by atoms with Crippen molar-refractivity contribution in [3.63, 3.8) is 0 Å². The summed E-state index contributed by atoms with van der Waals surface area (Å²) in [7, 11) is 0. The van der Waals surface area contributed by atoms with E-state index < -0.39 is 36.1 Å². The van der Waals surface area contributed by atoms with Crippen molar-refractivity contribution in [2.45, 2.75) is 18.6 Å². The number of halogens is 4. The predicted molar refractivity (Wildman–Crippen MR) is 48.8 cm³/mol. The second-order valence-corrected chi connectivity index (χ2v) is 3.33. The van der Waals surface area contributed by atoms with Gasteiger partial charge < -0.3 is 10.8 Å². The first-order valence-corrected chi connectivity index (χ1v) is 4.42. The molecule has 8 heteroatoms. The molecule has 1 atom stereocenters. The van der Waals surface area contributed by atoms with Gasteiger partial charge in [0.15, 0.2) is 11.5 Å². The lowest BCUT2D eigenvalue weighted by molar-refractivity contribution is -0.138. The summed E-state index contributed by atoms with van der Waals surface area (Å²) in [5.74, 6) is -2.81. The van der Waals surface area contributed by atoms with Crippen molar-refractivity contribution >= 4 is 5.97 Å². The first-order chi connectivity index (χ1) is 7.70. The van der Waals surface area contributed by atoms with Crippen LogP contribution in [0, 0.1) is 5.82 Å². The van der Waals surface area contributed by atoms with Crippen molar-refractivity contribution in [2.24, 2.45) is 5.73 Å². The number of aromatic carboxylic acids is 1. The summed E-state index contributed by atoms with van der Waals surface area (Å²) in [4.78, 5) is 13.6. The average Bonchev–Trinajstić information content (AvgIpc) is 2.14. The first-order valence-electron chi connectivity index (χ1n) is 4.42. The highest BCUT2D eigenvalue weighted by atomic mass is 19.4. The molecule has 1 unspecified atom stereocenters. The third-order valence-electron chi connectivity index (χ3n) is 1.94. The smallest absolute Gasteiger partial charge is 0.390 e. The second kappa shape index (κ2) is 4.66. The summed E-state index contributed by atoms with van der Waals surface area (Å²) >= 11 is 0. The van der Waals surface area contributed by atoms with Crippen LogP contribution in [-0.2, 0) is 0 Å². The van der Waals surface area contributed by atoms with Crippen molar-refractivity contribution < 1.29 is 27.5 Å². The van der Waals surface area contributed by atoms with Gasteiger partial charge in [0.2, 0.25) is 0 Å². The topological polar surface area (TPSA) is 76.2 Å². The number of aromatic nitrogens is 1. The third kappa shape index (κ3) is 3.66. The van der Waals surface area contributed by atoms with Gasteiger partial charge in [-0.2, -0.15) is 13.2 Å². The fourth-order valence-electron chi connectivity index (χ4n) is 1.18. The standard InChI is InChI=1S/C9H8F4N2O2/c10-5-1-4(3-15-7(5)8(16)17)6(14)2-9(11,12)13/h1,3,6H,2,14H2,(H,16,17). The summed E-state index contributed by atoms with van der Waals surface area (Å²) in [6.07, 6.45) is -5.00. The predicted octanol–water partition coefficient (Wildman–Crippen LogP) is 1.87. The van der Waals surface area contributed by atoms with Gasteiger partial charge in [-0.1, -0.05) is 0 Å². The molecule has 0 aliphatic heterocycles. The van der Waals surface area contributed by atoms with Gasteiger partial charge in [-0.15, -0.1) is 0 Å². The van der Waals surface area contributed by atoms with Gasteiger partial charge in [0, 0.05) is 12.2 Å². The Labute approximate surface area is 93.1 Å². The number of pyridine rings is 1. The molecular weight excluding hydrogens is 244 g/mol. The maximum atomic E-state index is 13.1. The number of carboxylic acid groups (broad SMARTS) is 1. The van der Waals surface area contributed by atoms with Gasteiger partial charge in [-0.3, -0.25) is 0 Å². The van der Waals surface area contributed by atoms with Gasteiger partial charge in [0.05, 0.1) is 6.42 Å². The molecular formula is C9H8F4N2O2. The van der Waals surface area contributed by atoms with E-state index in [9.17, 15) is 22.4 Å². The van der Waals surface area contributed by atoms with E-state index >= 15 is 0 Å². The molecule has 0 radical (unpaired) electrons. The third-order valence-corrected chi connectivity index (χ3v) is 1.94. The van der Waals surface area contributed by atoms with Crippen LogP contribution in [0.1, 0.15) is 28.5 Å². The molecule has 0 fully saturated rings. The minimum atomic E-state index is -4.48. The largest absolute Gasteiger partial charge is 0.476 e. The number of rotatable bonds is 3. The number of alkyl halides is 3. The van der Waals surface area contributed by atoms with Crippen LogP contribution >= 0.6 is 0 Å². The Morgan fingerprint density at radius 1 is 1.53 bits per heavy atom. The highest BCUT2D eigenvalue weighted by Gasteiger charge is 2.31. The average molecular weight is 252 g/mol. The number of nitrogens with zero attached hydrogens (tertiary/aromatic N) is 1. The molecule has 0 aliphatic rings.